The van der Waals surface area contributed by atoms with Gasteiger partial charge in [-0.05, 0) is 69.6 Å². The molecule has 0 bridgehead atoms. The zero-order valence-electron chi connectivity index (χ0n) is 22.8. The van der Waals surface area contributed by atoms with Gasteiger partial charge in [-0.25, -0.2) is 0 Å². The quantitative estimate of drug-likeness (QED) is 0.384. The number of nitrogens with zero attached hydrogens (tertiary/aromatic N) is 5. The van der Waals surface area contributed by atoms with Gasteiger partial charge >= 0.3 is 0 Å². The van der Waals surface area contributed by atoms with Crippen LogP contribution in [-0.4, -0.2) is 75.3 Å². The summed E-state index contributed by atoms with van der Waals surface area (Å²) in [7, 11) is 7.66. The van der Waals surface area contributed by atoms with Crippen LogP contribution in [0.25, 0.3) is 0 Å². The highest BCUT2D eigenvalue weighted by Gasteiger charge is 2.25. The number of guanidine groups is 1. The lowest BCUT2D eigenvalue weighted by Gasteiger charge is -2.26. The Morgan fingerprint density at radius 1 is 1.22 bits per heavy atom. The van der Waals surface area contributed by atoms with E-state index in [0.717, 1.165) is 28.2 Å². The molecule has 8 heteroatoms. The van der Waals surface area contributed by atoms with Crippen LogP contribution >= 0.6 is 15.9 Å². The molecule has 0 amide bonds. The number of nitrogens with one attached hydrogen (secondary N) is 1. The maximum atomic E-state index is 5.34. The molecule has 1 atom stereocenters. The minimum Gasteiger partial charge on any atom is -0.496 e. The molecular formula is C28H39BrN6O. The van der Waals surface area contributed by atoms with Crippen LogP contribution in [0.1, 0.15) is 37.5 Å². The summed E-state index contributed by atoms with van der Waals surface area (Å²) in [4.78, 5) is 18.4. The lowest BCUT2D eigenvalue weighted by molar-refractivity contribution is 0.412. The van der Waals surface area contributed by atoms with E-state index in [1.807, 2.05) is 38.4 Å². The molecule has 0 spiro atoms. The van der Waals surface area contributed by atoms with Crippen molar-refractivity contribution in [3.8, 4) is 5.75 Å². The van der Waals surface area contributed by atoms with Crippen molar-refractivity contribution in [3.05, 3.63) is 57.6 Å². The number of anilines is 1. The Morgan fingerprint density at radius 3 is 2.56 bits per heavy atom. The van der Waals surface area contributed by atoms with Crippen LogP contribution in [0, 0.1) is 6.92 Å². The van der Waals surface area contributed by atoms with Gasteiger partial charge in [0, 0.05) is 33.4 Å². The fourth-order valence-corrected chi connectivity index (χ4v) is 4.43. The van der Waals surface area contributed by atoms with Crippen molar-refractivity contribution >= 4 is 39.8 Å². The van der Waals surface area contributed by atoms with E-state index in [1.54, 1.807) is 7.11 Å². The van der Waals surface area contributed by atoms with Crippen molar-refractivity contribution in [1.29, 1.82) is 0 Å². The molecule has 0 fully saturated rings. The van der Waals surface area contributed by atoms with Crippen LogP contribution in [-0.2, 0) is 11.8 Å². The number of rotatable bonds is 6. The lowest BCUT2D eigenvalue weighted by atomic mass is 9.86. The minimum absolute atomic E-state index is 0.0189. The van der Waals surface area contributed by atoms with Gasteiger partial charge in [0.25, 0.3) is 0 Å². The maximum Gasteiger partial charge on any atom is 0.221 e. The van der Waals surface area contributed by atoms with E-state index in [0.29, 0.717) is 19.0 Å². The predicted molar refractivity (Wildman–Crippen MR) is 156 cm³/mol. The molecule has 194 valence electrons. The van der Waals surface area contributed by atoms with Crippen molar-refractivity contribution in [2.24, 2.45) is 15.0 Å². The highest BCUT2D eigenvalue weighted by molar-refractivity contribution is 9.10. The smallest absolute Gasteiger partial charge is 0.221 e. The molecule has 2 aromatic carbocycles. The predicted octanol–water partition coefficient (Wildman–Crippen LogP) is 5.38. The molecule has 0 saturated carbocycles. The second kappa shape index (κ2) is 11.9. The summed E-state index contributed by atoms with van der Waals surface area (Å²) in [5.74, 6) is 2.34. The second-order valence-corrected chi connectivity index (χ2v) is 11.2. The zero-order valence-corrected chi connectivity index (χ0v) is 24.3. The number of halogens is 1. The number of hydrogen-bond acceptors (Lipinski definition) is 4. The van der Waals surface area contributed by atoms with Crippen LogP contribution < -0.4 is 10.1 Å². The summed E-state index contributed by atoms with van der Waals surface area (Å²) in [6.45, 7) is 10.1. The Hall–Kier alpha value is -2.87. The van der Waals surface area contributed by atoms with E-state index in [2.05, 4.69) is 89.2 Å². The number of hydrogen-bond donors (Lipinski definition) is 1. The molecule has 36 heavy (non-hydrogen) atoms. The Kier molecular flexibility index (Phi) is 9.17. The number of benzene rings is 2. The minimum atomic E-state index is 0.0189. The normalized spacial score (nSPS) is 16.5. The van der Waals surface area contributed by atoms with Crippen molar-refractivity contribution in [2.45, 2.75) is 45.6 Å². The zero-order chi connectivity index (χ0) is 26.5. The molecule has 1 aliphatic heterocycles. The number of aryl methyl sites for hydroxylation is 1. The van der Waals surface area contributed by atoms with Gasteiger partial charge in [-0.3, -0.25) is 9.98 Å². The number of ether oxygens (including phenoxy) is 1. The Balaban J connectivity index is 1.89. The number of methoxy groups -OCH3 is 1. The summed E-state index contributed by atoms with van der Waals surface area (Å²) >= 11 is 3.57. The molecule has 0 aromatic heterocycles. The molecule has 1 heterocycles. The third-order valence-electron chi connectivity index (χ3n) is 6.21. The van der Waals surface area contributed by atoms with Crippen LogP contribution in [0.15, 0.2) is 55.8 Å². The molecule has 2 aromatic rings. The first-order valence-electron chi connectivity index (χ1n) is 12.2. The monoisotopic (exact) mass is 554 g/mol. The van der Waals surface area contributed by atoms with Crippen molar-refractivity contribution < 1.29 is 4.74 Å². The lowest BCUT2D eigenvalue weighted by Crippen LogP contribution is -2.41. The van der Waals surface area contributed by atoms with Crippen molar-refractivity contribution in [2.75, 3.05) is 46.7 Å². The highest BCUT2D eigenvalue weighted by Crippen LogP contribution is 2.28. The molecular weight excluding hydrogens is 516 g/mol. The molecule has 0 saturated heterocycles. The van der Waals surface area contributed by atoms with E-state index in [-0.39, 0.29) is 11.5 Å². The van der Waals surface area contributed by atoms with E-state index in [9.17, 15) is 0 Å². The molecule has 1 aliphatic rings. The summed E-state index contributed by atoms with van der Waals surface area (Å²) in [5.41, 5.74) is 4.75. The first-order chi connectivity index (χ1) is 17.0. The van der Waals surface area contributed by atoms with Gasteiger partial charge in [-0.2, -0.15) is 4.99 Å². The van der Waals surface area contributed by atoms with Crippen LogP contribution in [0.2, 0.25) is 0 Å². The molecule has 0 radical (unpaired) electrons. The summed E-state index contributed by atoms with van der Waals surface area (Å²) in [5, 5.41) is 3.65. The highest BCUT2D eigenvalue weighted by atomic mass is 79.9. The van der Waals surface area contributed by atoms with Crippen LogP contribution in [0.5, 0.6) is 5.75 Å². The molecule has 1 unspecified atom stereocenters. The van der Waals surface area contributed by atoms with Gasteiger partial charge in [-0.15, -0.1) is 0 Å². The van der Waals surface area contributed by atoms with Gasteiger partial charge in [0.1, 0.15) is 17.6 Å². The van der Waals surface area contributed by atoms with Crippen molar-refractivity contribution in [1.82, 2.24) is 9.80 Å². The maximum absolute atomic E-state index is 5.34. The van der Waals surface area contributed by atoms with Crippen LogP contribution in [0.3, 0.4) is 0 Å². The third kappa shape index (κ3) is 7.09. The fourth-order valence-electron chi connectivity index (χ4n) is 3.85. The third-order valence-corrected chi connectivity index (χ3v) is 6.83. The standard InChI is InChI=1S/C28H39BrN6O/c1-19-9-11-21(28(2,3)4)16-23(19)32-26(24-17-30-18-35(24)7)33-27(34(5)6)31-14-13-20-10-12-25(36-8)22(29)15-20/h9-12,15-16,18,24H,13-14,17H2,1-8H3,(H,31,32,33). The second-order valence-electron chi connectivity index (χ2n) is 10.4. The van der Waals surface area contributed by atoms with E-state index in [4.69, 9.17) is 14.7 Å². The average molecular weight is 556 g/mol. The van der Waals surface area contributed by atoms with Gasteiger partial charge < -0.3 is 19.9 Å². The molecule has 7 nitrogen and oxygen atoms in total. The topological polar surface area (TPSA) is 64.8 Å². The first-order valence-corrected chi connectivity index (χ1v) is 13.0. The van der Waals surface area contributed by atoms with Gasteiger partial charge in [0.2, 0.25) is 5.96 Å². The summed E-state index contributed by atoms with van der Waals surface area (Å²) < 4.78 is 6.28. The largest absolute Gasteiger partial charge is 0.496 e. The Morgan fingerprint density at radius 2 is 1.97 bits per heavy atom. The first kappa shape index (κ1) is 27.7. The van der Waals surface area contributed by atoms with Gasteiger partial charge in [0.05, 0.1) is 24.5 Å². The summed E-state index contributed by atoms with van der Waals surface area (Å²) in [6, 6.07) is 12.7. The van der Waals surface area contributed by atoms with E-state index in [1.165, 1.54) is 16.7 Å². The van der Waals surface area contributed by atoms with Gasteiger partial charge in [-0.1, -0.05) is 39.0 Å². The Labute approximate surface area is 224 Å². The van der Waals surface area contributed by atoms with Crippen molar-refractivity contribution in [3.63, 3.8) is 0 Å². The number of aliphatic imine (C=N–C) groups is 3. The molecule has 1 N–H and O–H groups in total. The fraction of sp³-hybridized carbons (Fsp3) is 0.464. The van der Waals surface area contributed by atoms with Crippen LogP contribution in [0.4, 0.5) is 5.69 Å². The summed E-state index contributed by atoms with van der Waals surface area (Å²) in [6.07, 6.45) is 2.67. The van der Waals surface area contributed by atoms with Gasteiger partial charge in [0.15, 0.2) is 0 Å². The Bertz CT molecular complexity index is 1150. The number of likely N-dealkylation sites (N-methyl/N-ethyl adjacent to an activating group) is 1. The molecule has 0 aliphatic carbocycles. The SMILES string of the molecule is COc1ccc(CCN=C(N=C(Nc2cc(C(C)(C)C)ccc2C)C2CN=CN2C)N(C)C)cc1Br. The molecule has 3 rings (SSSR count). The van der Waals surface area contributed by atoms with E-state index < -0.39 is 0 Å². The average Bonchev–Trinajstić information content (AvgIpc) is 3.24. The van der Waals surface area contributed by atoms with E-state index >= 15 is 0 Å². The number of amidine groups is 1.